The largest absolute Gasteiger partial charge is 0.494 e. The molecule has 1 aliphatic carbocycles. The second-order valence-electron chi connectivity index (χ2n) is 5.22. The second kappa shape index (κ2) is 6.20. The van der Waals surface area contributed by atoms with Crippen LogP contribution in [-0.4, -0.2) is 30.6 Å². The number of carbonyl (C=O) groups is 1. The molecule has 23 heavy (non-hydrogen) atoms. The van der Waals surface area contributed by atoms with Crippen molar-refractivity contribution in [1.82, 2.24) is 4.90 Å². The Morgan fingerprint density at radius 2 is 2.35 bits per heavy atom. The lowest BCUT2D eigenvalue weighted by Gasteiger charge is -2.28. The molecule has 0 aromatic carbocycles. The molecule has 3 rings (SSSR count). The van der Waals surface area contributed by atoms with Gasteiger partial charge in [0, 0.05) is 28.8 Å². The maximum Gasteiger partial charge on any atom is 0.259 e. The lowest BCUT2D eigenvalue weighted by molar-refractivity contribution is 0.0779. The topological polar surface area (TPSA) is 38.8 Å². The molecular formula is C17H17FNO3S. The number of hydrogen-bond donors (Lipinski definition) is 0. The second-order valence-corrected chi connectivity index (χ2v) is 6.10. The molecule has 1 aromatic heterocycles. The minimum atomic E-state index is -0.446. The fourth-order valence-corrected chi connectivity index (χ4v) is 3.61. The number of rotatable bonds is 4. The number of ether oxygens (including phenoxy) is 2. The number of nitrogens with zero attached hydrogens (tertiary/aromatic N) is 1. The third-order valence-corrected chi connectivity index (χ3v) is 4.69. The van der Waals surface area contributed by atoms with Crippen molar-refractivity contribution >= 4 is 17.2 Å². The number of carbonyl (C=O) groups excluding carboxylic acids is 1. The van der Waals surface area contributed by atoms with Gasteiger partial charge in [0.1, 0.15) is 0 Å². The highest BCUT2D eigenvalue weighted by Crippen LogP contribution is 2.38. The lowest BCUT2D eigenvalue weighted by Crippen LogP contribution is -2.36. The molecule has 1 amide bonds. The maximum absolute atomic E-state index is 14.4. The van der Waals surface area contributed by atoms with Gasteiger partial charge in [-0.2, -0.15) is 0 Å². The molecule has 0 saturated heterocycles. The molecule has 0 N–H and O–H groups in total. The standard InChI is InChI=1S/C17H17FNO3S/c1-4-22-15-8-11(9-23-15)17(20)19-10(2)7-12-13(19)5-6-14(21-3)16(12)18/h6,8-9,13H,4-5H2,1-3H3. The van der Waals surface area contributed by atoms with Crippen LogP contribution in [0.4, 0.5) is 4.39 Å². The van der Waals surface area contributed by atoms with Crippen LogP contribution in [0.15, 0.2) is 40.4 Å². The predicted molar refractivity (Wildman–Crippen MR) is 85.7 cm³/mol. The first-order valence-electron chi connectivity index (χ1n) is 7.36. The summed E-state index contributed by atoms with van der Waals surface area (Å²) >= 11 is 1.38. The van der Waals surface area contributed by atoms with Crippen molar-refractivity contribution in [2.45, 2.75) is 26.3 Å². The van der Waals surface area contributed by atoms with Crippen molar-refractivity contribution in [2.24, 2.45) is 0 Å². The zero-order valence-electron chi connectivity index (χ0n) is 13.2. The minimum Gasteiger partial charge on any atom is -0.494 e. The van der Waals surface area contributed by atoms with E-state index in [2.05, 4.69) is 6.08 Å². The quantitative estimate of drug-likeness (QED) is 0.840. The predicted octanol–water partition coefficient (Wildman–Crippen LogP) is 3.84. The Morgan fingerprint density at radius 3 is 3.04 bits per heavy atom. The van der Waals surface area contributed by atoms with Gasteiger partial charge in [-0.15, -0.1) is 11.3 Å². The van der Waals surface area contributed by atoms with Crippen molar-refractivity contribution in [3.05, 3.63) is 52.0 Å². The van der Waals surface area contributed by atoms with Gasteiger partial charge in [-0.05, 0) is 26.3 Å². The summed E-state index contributed by atoms with van der Waals surface area (Å²) in [5.74, 6) is -0.405. The molecule has 0 saturated carbocycles. The van der Waals surface area contributed by atoms with E-state index in [1.807, 2.05) is 6.92 Å². The summed E-state index contributed by atoms with van der Waals surface area (Å²) in [4.78, 5) is 14.4. The van der Waals surface area contributed by atoms with Gasteiger partial charge in [-0.25, -0.2) is 4.39 Å². The van der Waals surface area contributed by atoms with Gasteiger partial charge in [0.2, 0.25) is 0 Å². The zero-order chi connectivity index (χ0) is 16.6. The lowest BCUT2D eigenvalue weighted by atomic mass is 9.98. The molecule has 1 aliphatic heterocycles. The molecule has 1 radical (unpaired) electrons. The molecule has 0 spiro atoms. The number of methoxy groups -OCH3 is 1. The van der Waals surface area contributed by atoms with Crippen molar-refractivity contribution in [2.75, 3.05) is 13.7 Å². The first-order chi connectivity index (χ1) is 11.1. The molecule has 0 bridgehead atoms. The summed E-state index contributed by atoms with van der Waals surface area (Å²) in [6.07, 6.45) is 5.15. The molecule has 1 aromatic rings. The Hall–Kier alpha value is -2.08. The van der Waals surface area contributed by atoms with Gasteiger partial charge in [-0.1, -0.05) is 0 Å². The fraction of sp³-hybridized carbons (Fsp3) is 0.353. The van der Waals surface area contributed by atoms with Crippen LogP contribution in [-0.2, 0) is 4.74 Å². The van der Waals surface area contributed by atoms with E-state index in [-0.39, 0.29) is 17.7 Å². The van der Waals surface area contributed by atoms with Crippen molar-refractivity contribution in [3.63, 3.8) is 0 Å². The fourth-order valence-electron chi connectivity index (χ4n) is 2.82. The van der Waals surface area contributed by atoms with Gasteiger partial charge in [0.25, 0.3) is 5.91 Å². The molecule has 1 atom stereocenters. The van der Waals surface area contributed by atoms with Crippen molar-refractivity contribution < 1.29 is 18.7 Å². The van der Waals surface area contributed by atoms with E-state index in [4.69, 9.17) is 9.47 Å². The van der Waals surface area contributed by atoms with Crippen LogP contribution < -0.4 is 4.74 Å². The highest BCUT2D eigenvalue weighted by Gasteiger charge is 2.38. The molecule has 1 unspecified atom stereocenters. The Balaban J connectivity index is 1.88. The molecule has 121 valence electrons. The van der Waals surface area contributed by atoms with Gasteiger partial charge < -0.3 is 14.4 Å². The van der Waals surface area contributed by atoms with E-state index in [0.717, 1.165) is 0 Å². The number of allylic oxidation sites excluding steroid dienone is 2. The zero-order valence-corrected chi connectivity index (χ0v) is 14.0. The first kappa shape index (κ1) is 15.8. The summed E-state index contributed by atoms with van der Waals surface area (Å²) in [5.41, 5.74) is 1.54. The molecule has 0 fully saturated rings. The summed E-state index contributed by atoms with van der Waals surface area (Å²) in [7, 11) is 1.43. The van der Waals surface area contributed by atoms with Crippen LogP contribution >= 0.6 is 11.3 Å². The highest BCUT2D eigenvalue weighted by atomic mass is 32.1. The van der Waals surface area contributed by atoms with Crippen LogP contribution in [0.25, 0.3) is 0 Å². The molecule has 6 heteroatoms. The Morgan fingerprint density at radius 1 is 1.57 bits per heavy atom. The number of hydrogen-bond acceptors (Lipinski definition) is 4. The number of halogens is 1. The average molecular weight is 334 g/mol. The SMILES string of the molecule is CCOc1cc(C(=O)N2C(C)=[C]C3=C(F)C(OC)=CCC32)cs1. The number of amides is 1. The van der Waals surface area contributed by atoms with Crippen LogP contribution in [0, 0.1) is 6.08 Å². The smallest absolute Gasteiger partial charge is 0.259 e. The number of fused-ring (bicyclic) bond motifs is 1. The number of thiophene rings is 1. The van der Waals surface area contributed by atoms with Crippen molar-refractivity contribution in [3.8, 4) is 5.06 Å². The summed E-state index contributed by atoms with van der Waals surface area (Å²) in [6, 6.07) is 1.36. The third-order valence-electron chi connectivity index (χ3n) is 3.85. The van der Waals surface area contributed by atoms with Gasteiger partial charge >= 0.3 is 0 Å². The maximum atomic E-state index is 14.4. The van der Waals surface area contributed by atoms with Gasteiger partial charge in [-0.3, -0.25) is 4.79 Å². The normalized spacial score (nSPS) is 20.2. The van der Waals surface area contributed by atoms with Crippen LogP contribution in [0.5, 0.6) is 5.06 Å². The monoisotopic (exact) mass is 334 g/mol. The Bertz CT molecular complexity index is 732. The van der Waals surface area contributed by atoms with Gasteiger partial charge in [0.05, 0.1) is 25.3 Å². The van der Waals surface area contributed by atoms with E-state index >= 15 is 0 Å². The van der Waals surface area contributed by atoms with E-state index < -0.39 is 5.83 Å². The summed E-state index contributed by atoms with van der Waals surface area (Å²) in [5, 5.41) is 2.46. The van der Waals surface area contributed by atoms with E-state index in [9.17, 15) is 9.18 Å². The summed E-state index contributed by atoms with van der Waals surface area (Å²) in [6.45, 7) is 4.21. The Kier molecular flexibility index (Phi) is 4.26. The van der Waals surface area contributed by atoms with Crippen molar-refractivity contribution in [1.29, 1.82) is 0 Å². The Labute approximate surface area is 138 Å². The molecule has 2 heterocycles. The van der Waals surface area contributed by atoms with Gasteiger partial charge in [0.15, 0.2) is 16.6 Å². The first-order valence-corrected chi connectivity index (χ1v) is 8.24. The molecule has 2 aliphatic rings. The van der Waals surface area contributed by atoms with Crippen LogP contribution in [0.3, 0.4) is 0 Å². The van der Waals surface area contributed by atoms with E-state index in [1.165, 1.54) is 18.4 Å². The third kappa shape index (κ3) is 2.67. The molecule has 4 nitrogen and oxygen atoms in total. The molecular weight excluding hydrogens is 317 g/mol. The van der Waals surface area contributed by atoms with E-state index in [0.29, 0.717) is 34.9 Å². The van der Waals surface area contributed by atoms with Crippen LogP contribution in [0.2, 0.25) is 0 Å². The minimum absolute atomic E-state index is 0.167. The van der Waals surface area contributed by atoms with E-state index in [1.54, 1.807) is 29.3 Å². The van der Waals surface area contributed by atoms with Crippen LogP contribution in [0.1, 0.15) is 30.6 Å². The average Bonchev–Trinajstić information content (AvgIpc) is 3.12. The summed E-state index contributed by atoms with van der Waals surface area (Å²) < 4.78 is 24.8. The highest BCUT2D eigenvalue weighted by molar-refractivity contribution is 7.12.